The van der Waals surface area contributed by atoms with E-state index in [1.165, 1.54) is 0 Å². The lowest BCUT2D eigenvalue weighted by Gasteiger charge is -2.32. The van der Waals surface area contributed by atoms with Gasteiger partial charge in [0, 0.05) is 37.1 Å². The van der Waals surface area contributed by atoms with Crippen LogP contribution in [-0.4, -0.2) is 40.7 Å². The normalized spacial score (nSPS) is 19.2. The Kier molecular flexibility index (Phi) is 4.32. The second kappa shape index (κ2) is 5.85. The van der Waals surface area contributed by atoms with Crippen molar-refractivity contribution in [1.29, 1.82) is 0 Å². The van der Waals surface area contributed by atoms with Crippen molar-refractivity contribution in [3.63, 3.8) is 0 Å². The van der Waals surface area contributed by atoms with Crippen molar-refractivity contribution >= 4 is 11.7 Å². The number of nitrogens with zero attached hydrogens (tertiary/aromatic N) is 2. The molecule has 1 aliphatic heterocycles. The van der Waals surface area contributed by atoms with Gasteiger partial charge >= 0.3 is 6.09 Å². The van der Waals surface area contributed by atoms with Gasteiger partial charge < -0.3 is 15.4 Å². The van der Waals surface area contributed by atoms with Gasteiger partial charge in [-0.1, -0.05) is 6.08 Å². The Labute approximate surface area is 125 Å². The average Bonchev–Trinajstić information content (AvgIpc) is 2.36. The van der Waals surface area contributed by atoms with Crippen LogP contribution < -0.4 is 5.73 Å². The first-order chi connectivity index (χ1) is 9.76. The lowest BCUT2D eigenvalue weighted by Crippen LogP contribution is -2.46. The maximum Gasteiger partial charge on any atom is 0.410 e. The summed E-state index contributed by atoms with van der Waals surface area (Å²) in [4.78, 5) is 18.0. The highest BCUT2D eigenvalue weighted by atomic mass is 16.6. The molecule has 1 amide bonds. The van der Waals surface area contributed by atoms with E-state index < -0.39 is 5.60 Å². The van der Waals surface area contributed by atoms with Crippen LogP contribution in [0.4, 0.5) is 4.79 Å². The molecule has 2 N–H and O–H groups in total. The quantitative estimate of drug-likeness (QED) is 0.861. The van der Waals surface area contributed by atoms with Gasteiger partial charge in [0.1, 0.15) is 5.60 Å². The number of aromatic nitrogens is 1. The molecule has 114 valence electrons. The third-order valence-corrected chi connectivity index (χ3v) is 3.24. The molecule has 0 spiro atoms. The standard InChI is InChI=1S/C16H23N3O2/c1-11-5-6-18-8-14(11)12-7-13(17)10-19(9-12)15(20)21-16(2,3)4/h5-8,13H,9-10,17H2,1-4H3. The molecule has 5 heteroatoms. The summed E-state index contributed by atoms with van der Waals surface area (Å²) in [6.45, 7) is 8.56. The van der Waals surface area contributed by atoms with Crippen molar-refractivity contribution in [2.75, 3.05) is 13.1 Å². The molecule has 5 nitrogen and oxygen atoms in total. The van der Waals surface area contributed by atoms with Crippen LogP contribution in [0.5, 0.6) is 0 Å². The molecule has 0 fully saturated rings. The fraction of sp³-hybridized carbons (Fsp3) is 0.500. The molecule has 0 radical (unpaired) electrons. The van der Waals surface area contributed by atoms with E-state index in [0.717, 1.165) is 16.7 Å². The number of ether oxygens (including phenoxy) is 1. The Bertz CT molecular complexity index is 561. The van der Waals surface area contributed by atoms with Gasteiger partial charge in [-0.3, -0.25) is 4.98 Å². The number of aryl methyl sites for hydroxylation is 1. The van der Waals surface area contributed by atoms with Crippen LogP contribution in [0.15, 0.2) is 24.5 Å². The summed E-state index contributed by atoms with van der Waals surface area (Å²) in [5.41, 5.74) is 8.72. The van der Waals surface area contributed by atoms with E-state index in [1.54, 1.807) is 11.1 Å². The topological polar surface area (TPSA) is 68.5 Å². The minimum atomic E-state index is -0.507. The van der Waals surface area contributed by atoms with E-state index in [9.17, 15) is 4.79 Å². The zero-order valence-corrected chi connectivity index (χ0v) is 13.1. The van der Waals surface area contributed by atoms with Crippen LogP contribution in [0.25, 0.3) is 5.57 Å². The highest BCUT2D eigenvalue weighted by molar-refractivity contribution is 5.76. The Hall–Kier alpha value is -1.88. The molecule has 1 unspecified atom stereocenters. The van der Waals surface area contributed by atoms with Crippen LogP contribution in [0, 0.1) is 6.92 Å². The molecule has 0 saturated carbocycles. The third kappa shape index (κ3) is 4.04. The average molecular weight is 289 g/mol. The molecule has 0 saturated heterocycles. The molecular weight excluding hydrogens is 266 g/mol. The third-order valence-electron chi connectivity index (χ3n) is 3.24. The molecule has 1 atom stereocenters. The molecule has 0 aromatic carbocycles. The Morgan fingerprint density at radius 3 is 2.81 bits per heavy atom. The van der Waals surface area contributed by atoms with Crippen LogP contribution in [0.2, 0.25) is 0 Å². The summed E-state index contributed by atoms with van der Waals surface area (Å²) in [5.74, 6) is 0. The van der Waals surface area contributed by atoms with Gasteiger partial charge in [-0.25, -0.2) is 4.79 Å². The van der Waals surface area contributed by atoms with Gasteiger partial charge in [0.15, 0.2) is 0 Å². The van der Waals surface area contributed by atoms with E-state index in [1.807, 2.05) is 46.0 Å². The predicted molar refractivity (Wildman–Crippen MR) is 82.7 cm³/mol. The summed E-state index contributed by atoms with van der Waals surface area (Å²) >= 11 is 0. The summed E-state index contributed by atoms with van der Waals surface area (Å²) in [7, 11) is 0. The Morgan fingerprint density at radius 2 is 2.19 bits per heavy atom. The van der Waals surface area contributed by atoms with Crippen LogP contribution >= 0.6 is 0 Å². The maximum absolute atomic E-state index is 12.2. The lowest BCUT2D eigenvalue weighted by atomic mass is 9.97. The minimum absolute atomic E-state index is 0.194. The summed E-state index contributed by atoms with van der Waals surface area (Å²) in [5, 5.41) is 0. The maximum atomic E-state index is 12.2. The molecular formula is C16H23N3O2. The molecule has 1 aromatic rings. The number of rotatable bonds is 1. The number of hydrogen-bond donors (Lipinski definition) is 1. The van der Waals surface area contributed by atoms with Gasteiger partial charge in [-0.15, -0.1) is 0 Å². The van der Waals surface area contributed by atoms with E-state index in [-0.39, 0.29) is 12.1 Å². The van der Waals surface area contributed by atoms with Crippen molar-refractivity contribution in [3.05, 3.63) is 35.7 Å². The van der Waals surface area contributed by atoms with Gasteiger partial charge in [-0.2, -0.15) is 0 Å². The van der Waals surface area contributed by atoms with Crippen molar-refractivity contribution in [2.24, 2.45) is 5.73 Å². The zero-order chi connectivity index (χ0) is 15.6. The van der Waals surface area contributed by atoms with Gasteiger partial charge in [0.2, 0.25) is 0 Å². The van der Waals surface area contributed by atoms with Crippen molar-refractivity contribution in [2.45, 2.75) is 39.3 Å². The SMILES string of the molecule is Cc1ccncc1C1=CC(N)CN(C(=O)OC(C)(C)C)C1. The van der Waals surface area contributed by atoms with E-state index in [2.05, 4.69) is 4.98 Å². The van der Waals surface area contributed by atoms with Crippen LogP contribution in [-0.2, 0) is 4.74 Å². The largest absolute Gasteiger partial charge is 0.444 e. The molecule has 2 heterocycles. The first-order valence-electron chi connectivity index (χ1n) is 7.11. The molecule has 21 heavy (non-hydrogen) atoms. The van der Waals surface area contributed by atoms with E-state index in [4.69, 9.17) is 10.5 Å². The second-order valence-electron chi connectivity index (χ2n) is 6.41. The zero-order valence-electron chi connectivity index (χ0n) is 13.1. The highest BCUT2D eigenvalue weighted by Gasteiger charge is 2.27. The lowest BCUT2D eigenvalue weighted by molar-refractivity contribution is 0.0265. The monoisotopic (exact) mass is 289 g/mol. The van der Waals surface area contributed by atoms with E-state index in [0.29, 0.717) is 13.1 Å². The molecule has 2 rings (SSSR count). The minimum Gasteiger partial charge on any atom is -0.444 e. The predicted octanol–water partition coefficient (Wildman–Crippen LogP) is 2.35. The Balaban J connectivity index is 2.19. The number of nitrogens with two attached hydrogens (primary N) is 1. The molecule has 0 bridgehead atoms. The molecule has 1 aliphatic rings. The van der Waals surface area contributed by atoms with Gasteiger partial charge in [0.25, 0.3) is 0 Å². The van der Waals surface area contributed by atoms with Crippen molar-refractivity contribution < 1.29 is 9.53 Å². The highest BCUT2D eigenvalue weighted by Crippen LogP contribution is 2.23. The summed E-state index contributed by atoms with van der Waals surface area (Å²) in [6, 6.07) is 1.76. The number of hydrogen-bond acceptors (Lipinski definition) is 4. The smallest absolute Gasteiger partial charge is 0.410 e. The summed E-state index contributed by atoms with van der Waals surface area (Å²) < 4.78 is 5.43. The molecule has 1 aromatic heterocycles. The number of pyridine rings is 1. The van der Waals surface area contributed by atoms with E-state index >= 15 is 0 Å². The van der Waals surface area contributed by atoms with Gasteiger partial charge in [0.05, 0.1) is 0 Å². The number of carbonyl (C=O) groups is 1. The fourth-order valence-corrected chi connectivity index (χ4v) is 2.33. The first kappa shape index (κ1) is 15.5. The van der Waals surface area contributed by atoms with Crippen molar-refractivity contribution in [3.8, 4) is 0 Å². The number of carbonyl (C=O) groups excluding carboxylic acids is 1. The second-order valence-corrected chi connectivity index (χ2v) is 6.41. The van der Waals surface area contributed by atoms with Gasteiger partial charge in [-0.05, 0) is 44.9 Å². The first-order valence-corrected chi connectivity index (χ1v) is 7.11. The van der Waals surface area contributed by atoms with Crippen molar-refractivity contribution in [1.82, 2.24) is 9.88 Å². The molecule has 0 aliphatic carbocycles. The Morgan fingerprint density at radius 1 is 1.48 bits per heavy atom. The number of amides is 1. The summed E-state index contributed by atoms with van der Waals surface area (Å²) in [6.07, 6.45) is 5.25. The van der Waals surface area contributed by atoms with Crippen LogP contribution in [0.3, 0.4) is 0 Å². The fourth-order valence-electron chi connectivity index (χ4n) is 2.33. The van der Waals surface area contributed by atoms with Crippen LogP contribution in [0.1, 0.15) is 31.9 Å².